The van der Waals surface area contributed by atoms with E-state index in [2.05, 4.69) is 30.1 Å². The maximum Gasteiger partial charge on any atom is 0.261 e. The Bertz CT molecular complexity index is 1270. The second-order valence-electron chi connectivity index (χ2n) is 7.52. The minimum absolute atomic E-state index is 0.222. The van der Waals surface area contributed by atoms with Gasteiger partial charge in [-0.25, -0.2) is 22.2 Å². The van der Waals surface area contributed by atoms with Gasteiger partial charge in [0, 0.05) is 13.1 Å². The molecular formula is C20H22F2N6O3S. The number of rotatable bonds is 7. The first-order chi connectivity index (χ1) is 15.3. The second kappa shape index (κ2) is 8.69. The van der Waals surface area contributed by atoms with Gasteiger partial charge in [-0.15, -0.1) is 0 Å². The van der Waals surface area contributed by atoms with Crippen LogP contribution in [0, 0.1) is 11.6 Å². The number of benzene rings is 1. The third-order valence-corrected chi connectivity index (χ3v) is 6.59. The molecule has 3 heterocycles. The number of hydrogen-bond acceptors (Lipinski definition) is 6. The molecule has 1 saturated heterocycles. The van der Waals surface area contributed by atoms with Gasteiger partial charge in [0.1, 0.15) is 11.4 Å². The molecule has 3 N–H and O–H groups in total. The first kappa shape index (κ1) is 21.9. The minimum atomic E-state index is -3.82. The van der Waals surface area contributed by atoms with Crippen LogP contribution in [0.4, 0.5) is 26.0 Å². The summed E-state index contributed by atoms with van der Waals surface area (Å²) in [6.45, 7) is 3.36. The SMILES string of the molecule is CCCS(=O)(=O)Nc1ccc(F)c(C(=O)Nc2cnc3[nH]nc(N4CCCC4)c3c2)c1F. The Kier molecular flexibility index (Phi) is 5.96. The fourth-order valence-corrected chi connectivity index (χ4v) is 4.78. The fourth-order valence-electron chi connectivity index (χ4n) is 3.65. The highest BCUT2D eigenvalue weighted by Crippen LogP contribution is 2.29. The summed E-state index contributed by atoms with van der Waals surface area (Å²) < 4.78 is 55.2. The number of halogens is 2. The van der Waals surface area contributed by atoms with Crippen molar-refractivity contribution in [1.29, 1.82) is 0 Å². The normalized spacial score (nSPS) is 14.2. The van der Waals surface area contributed by atoms with E-state index in [1.165, 1.54) is 6.20 Å². The fraction of sp³-hybridized carbons (Fsp3) is 0.350. The van der Waals surface area contributed by atoms with Crippen LogP contribution >= 0.6 is 0 Å². The number of aromatic amines is 1. The van der Waals surface area contributed by atoms with Crippen LogP contribution in [-0.2, 0) is 10.0 Å². The van der Waals surface area contributed by atoms with Crippen LogP contribution in [0.15, 0.2) is 24.4 Å². The number of amides is 1. The Hall–Kier alpha value is -3.28. The number of nitrogens with zero attached hydrogens (tertiary/aromatic N) is 3. The van der Waals surface area contributed by atoms with E-state index < -0.39 is 38.8 Å². The maximum absolute atomic E-state index is 14.9. The molecule has 0 unspecified atom stereocenters. The number of aromatic nitrogens is 3. The van der Waals surface area contributed by atoms with Gasteiger partial charge < -0.3 is 10.2 Å². The number of nitrogens with one attached hydrogen (secondary N) is 3. The second-order valence-corrected chi connectivity index (χ2v) is 9.36. The van der Waals surface area contributed by atoms with Crippen molar-refractivity contribution in [2.24, 2.45) is 0 Å². The highest BCUT2D eigenvalue weighted by atomic mass is 32.2. The van der Waals surface area contributed by atoms with E-state index in [1.807, 2.05) is 0 Å². The molecular weight excluding hydrogens is 442 g/mol. The highest BCUT2D eigenvalue weighted by molar-refractivity contribution is 7.92. The first-order valence-electron chi connectivity index (χ1n) is 10.2. The number of pyridine rings is 1. The largest absolute Gasteiger partial charge is 0.355 e. The number of H-pyrrole nitrogens is 1. The third-order valence-electron chi connectivity index (χ3n) is 5.12. The summed E-state index contributed by atoms with van der Waals surface area (Å²) in [4.78, 5) is 19.0. The Morgan fingerprint density at radius 1 is 1.25 bits per heavy atom. The van der Waals surface area contributed by atoms with Crippen molar-refractivity contribution in [3.8, 4) is 0 Å². The standard InChI is InChI=1S/C20H22F2N6O3S/c1-2-9-32(30,31)27-15-6-5-14(21)16(17(15)22)20(29)24-12-10-13-18(23-11-12)25-26-19(13)28-7-3-4-8-28/h5-6,10-11,27H,2-4,7-9H2,1H3,(H,24,29)(H,23,25,26). The smallest absolute Gasteiger partial charge is 0.261 e. The van der Waals surface area contributed by atoms with E-state index in [0.29, 0.717) is 23.3 Å². The molecule has 0 aliphatic carbocycles. The molecule has 1 aliphatic heterocycles. The third kappa shape index (κ3) is 4.35. The Morgan fingerprint density at radius 2 is 2.00 bits per heavy atom. The highest BCUT2D eigenvalue weighted by Gasteiger charge is 2.24. The van der Waals surface area contributed by atoms with Crippen molar-refractivity contribution in [2.45, 2.75) is 26.2 Å². The van der Waals surface area contributed by atoms with Gasteiger partial charge in [-0.1, -0.05) is 6.92 Å². The average molecular weight is 464 g/mol. The Morgan fingerprint density at radius 3 is 2.72 bits per heavy atom. The number of carbonyl (C=O) groups is 1. The number of anilines is 3. The molecule has 170 valence electrons. The molecule has 1 amide bonds. The molecule has 1 aromatic carbocycles. The van der Waals surface area contributed by atoms with Gasteiger partial charge in [0.2, 0.25) is 10.0 Å². The van der Waals surface area contributed by atoms with Gasteiger partial charge in [0.05, 0.1) is 28.7 Å². The summed E-state index contributed by atoms with van der Waals surface area (Å²) in [6, 6.07) is 3.40. The van der Waals surface area contributed by atoms with Crippen LogP contribution in [0.1, 0.15) is 36.5 Å². The summed E-state index contributed by atoms with van der Waals surface area (Å²) in [5.74, 6) is -3.01. The van der Waals surface area contributed by atoms with Gasteiger partial charge >= 0.3 is 0 Å². The number of fused-ring (bicyclic) bond motifs is 1. The van der Waals surface area contributed by atoms with E-state index in [9.17, 15) is 22.0 Å². The van der Waals surface area contributed by atoms with E-state index in [-0.39, 0.29) is 11.4 Å². The molecule has 4 rings (SSSR count). The van der Waals surface area contributed by atoms with E-state index in [4.69, 9.17) is 0 Å². The summed E-state index contributed by atoms with van der Waals surface area (Å²) in [6.07, 6.45) is 3.76. The van der Waals surface area contributed by atoms with Gasteiger partial charge in [-0.05, 0) is 37.5 Å². The van der Waals surface area contributed by atoms with E-state index in [0.717, 1.165) is 38.1 Å². The minimum Gasteiger partial charge on any atom is -0.355 e. The van der Waals surface area contributed by atoms with Gasteiger partial charge in [0.15, 0.2) is 17.3 Å². The monoisotopic (exact) mass is 464 g/mol. The van der Waals surface area contributed by atoms with Crippen molar-refractivity contribution < 1.29 is 22.0 Å². The topological polar surface area (TPSA) is 120 Å². The summed E-state index contributed by atoms with van der Waals surface area (Å²) in [5, 5.41) is 10.2. The quantitative estimate of drug-likeness (QED) is 0.494. The molecule has 12 heteroatoms. The zero-order valence-electron chi connectivity index (χ0n) is 17.3. The van der Waals surface area contributed by atoms with Crippen LogP contribution in [0.5, 0.6) is 0 Å². The van der Waals surface area contributed by atoms with Crippen molar-refractivity contribution in [2.75, 3.05) is 33.8 Å². The molecule has 1 fully saturated rings. The average Bonchev–Trinajstić information content (AvgIpc) is 3.39. The molecule has 3 aromatic rings. The molecule has 9 nitrogen and oxygen atoms in total. The van der Waals surface area contributed by atoms with Gasteiger partial charge in [-0.3, -0.25) is 14.6 Å². The Balaban J connectivity index is 1.62. The predicted molar refractivity (Wildman–Crippen MR) is 117 cm³/mol. The number of sulfonamides is 1. The number of hydrogen-bond donors (Lipinski definition) is 3. The lowest BCUT2D eigenvalue weighted by Crippen LogP contribution is -2.20. The molecule has 2 aromatic heterocycles. The first-order valence-corrected chi connectivity index (χ1v) is 11.8. The van der Waals surface area contributed by atoms with Crippen LogP contribution in [-0.4, -0.2) is 48.3 Å². The summed E-state index contributed by atoms with van der Waals surface area (Å²) in [7, 11) is -3.82. The summed E-state index contributed by atoms with van der Waals surface area (Å²) in [5.41, 5.74) is -0.645. The van der Waals surface area contributed by atoms with Gasteiger partial charge in [-0.2, -0.15) is 5.10 Å². The lowest BCUT2D eigenvalue weighted by atomic mass is 10.1. The van der Waals surface area contributed by atoms with Crippen LogP contribution in [0.3, 0.4) is 0 Å². The van der Waals surface area contributed by atoms with Crippen molar-refractivity contribution in [1.82, 2.24) is 15.2 Å². The van der Waals surface area contributed by atoms with Crippen LogP contribution in [0.25, 0.3) is 11.0 Å². The van der Waals surface area contributed by atoms with E-state index >= 15 is 0 Å². The molecule has 32 heavy (non-hydrogen) atoms. The zero-order valence-corrected chi connectivity index (χ0v) is 18.1. The lowest BCUT2D eigenvalue weighted by molar-refractivity contribution is 0.101. The van der Waals surface area contributed by atoms with E-state index in [1.54, 1.807) is 13.0 Å². The Labute approximate surface area is 183 Å². The van der Waals surface area contributed by atoms with Crippen molar-refractivity contribution in [3.63, 3.8) is 0 Å². The van der Waals surface area contributed by atoms with Crippen LogP contribution < -0.4 is 14.9 Å². The van der Waals surface area contributed by atoms with Crippen molar-refractivity contribution in [3.05, 3.63) is 41.6 Å². The molecule has 0 saturated carbocycles. The maximum atomic E-state index is 14.9. The molecule has 0 spiro atoms. The zero-order chi connectivity index (χ0) is 22.9. The molecule has 0 atom stereocenters. The number of carbonyl (C=O) groups excluding carboxylic acids is 1. The lowest BCUT2D eigenvalue weighted by Gasteiger charge is -2.14. The molecule has 0 bridgehead atoms. The summed E-state index contributed by atoms with van der Waals surface area (Å²) >= 11 is 0. The molecule has 0 radical (unpaired) electrons. The van der Waals surface area contributed by atoms with Gasteiger partial charge in [0.25, 0.3) is 5.91 Å². The van der Waals surface area contributed by atoms with Crippen LogP contribution in [0.2, 0.25) is 0 Å². The molecule has 1 aliphatic rings. The van der Waals surface area contributed by atoms with Crippen molar-refractivity contribution >= 4 is 44.2 Å². The predicted octanol–water partition coefficient (Wildman–Crippen LogP) is 3.24.